The molecule has 18 heavy (non-hydrogen) atoms. The summed E-state index contributed by atoms with van der Waals surface area (Å²) in [4.78, 5) is 25.2. The Hall–Kier alpha value is -1.10. The summed E-state index contributed by atoms with van der Waals surface area (Å²) in [5, 5.41) is 6.00. The molecule has 0 spiro atoms. The molecule has 2 N–H and O–H groups in total. The highest BCUT2D eigenvalue weighted by molar-refractivity contribution is 5.87. The molecular weight excluding hydrogens is 230 g/mol. The fraction of sp³-hybridized carbons (Fsp3) is 0.846. The van der Waals surface area contributed by atoms with Crippen LogP contribution < -0.4 is 10.6 Å². The Balaban J connectivity index is 2.38. The van der Waals surface area contributed by atoms with Crippen LogP contribution in [-0.4, -0.2) is 49.4 Å². The van der Waals surface area contributed by atoms with Gasteiger partial charge in [0.15, 0.2) is 0 Å². The highest BCUT2D eigenvalue weighted by Crippen LogP contribution is 2.16. The number of carbonyl (C=O) groups is 2. The van der Waals surface area contributed by atoms with Gasteiger partial charge in [-0.15, -0.1) is 0 Å². The van der Waals surface area contributed by atoms with Gasteiger partial charge in [0.25, 0.3) is 0 Å². The van der Waals surface area contributed by atoms with Crippen molar-refractivity contribution < 1.29 is 9.59 Å². The van der Waals surface area contributed by atoms with Crippen molar-refractivity contribution in [2.75, 3.05) is 26.7 Å². The number of likely N-dealkylation sites (N-methyl/N-ethyl adjacent to an activating group) is 1. The van der Waals surface area contributed by atoms with Gasteiger partial charge in [0.1, 0.15) is 0 Å². The van der Waals surface area contributed by atoms with E-state index in [0.29, 0.717) is 12.5 Å². The van der Waals surface area contributed by atoms with E-state index in [-0.39, 0.29) is 24.4 Å². The molecule has 0 aromatic rings. The Bertz CT molecular complexity index is 294. The average molecular weight is 255 g/mol. The van der Waals surface area contributed by atoms with E-state index in [1.165, 1.54) is 4.90 Å². The van der Waals surface area contributed by atoms with E-state index >= 15 is 0 Å². The molecule has 1 rings (SSSR count). The Kier molecular flexibility index (Phi) is 6.12. The zero-order chi connectivity index (χ0) is 13.5. The molecule has 2 atom stereocenters. The molecule has 0 saturated carbocycles. The summed E-state index contributed by atoms with van der Waals surface area (Å²) in [5.41, 5.74) is 0. The second kappa shape index (κ2) is 7.36. The van der Waals surface area contributed by atoms with Crippen molar-refractivity contribution in [2.24, 2.45) is 5.92 Å². The summed E-state index contributed by atoms with van der Waals surface area (Å²) in [6.07, 6.45) is 2.88. The second-order valence-electron chi connectivity index (χ2n) is 5.18. The number of hydrogen-bond acceptors (Lipinski definition) is 3. The third kappa shape index (κ3) is 4.64. The van der Waals surface area contributed by atoms with Gasteiger partial charge < -0.3 is 15.5 Å². The van der Waals surface area contributed by atoms with Gasteiger partial charge in [-0.25, -0.2) is 0 Å². The minimum atomic E-state index is -0.127. The van der Waals surface area contributed by atoms with Crippen molar-refractivity contribution in [3.8, 4) is 0 Å². The lowest BCUT2D eigenvalue weighted by Gasteiger charge is -2.30. The molecular formula is C13H25N3O2. The molecule has 2 amide bonds. The number of carbonyl (C=O) groups excluding carboxylic acids is 2. The molecule has 104 valence electrons. The minimum Gasteiger partial charge on any atom is -0.355 e. The maximum Gasteiger partial charge on any atom is 0.239 e. The molecule has 1 aliphatic rings. The molecule has 5 heteroatoms. The van der Waals surface area contributed by atoms with E-state index in [2.05, 4.69) is 17.6 Å². The van der Waals surface area contributed by atoms with Crippen molar-refractivity contribution in [3.63, 3.8) is 0 Å². The highest BCUT2D eigenvalue weighted by Gasteiger charge is 2.27. The van der Waals surface area contributed by atoms with Crippen molar-refractivity contribution in [3.05, 3.63) is 0 Å². The van der Waals surface area contributed by atoms with Gasteiger partial charge in [0.05, 0.1) is 12.6 Å². The van der Waals surface area contributed by atoms with Crippen LogP contribution in [0.15, 0.2) is 0 Å². The van der Waals surface area contributed by atoms with Crippen molar-refractivity contribution in [2.45, 2.75) is 39.2 Å². The van der Waals surface area contributed by atoms with Crippen LogP contribution in [0.3, 0.4) is 0 Å². The number of nitrogens with zero attached hydrogens (tertiary/aromatic N) is 1. The smallest absolute Gasteiger partial charge is 0.239 e. The number of nitrogens with one attached hydrogen (secondary N) is 2. The summed E-state index contributed by atoms with van der Waals surface area (Å²) in [6.45, 7) is 5.86. The molecule has 0 aliphatic carbocycles. The lowest BCUT2D eigenvalue weighted by atomic mass is 9.93. The maximum absolute atomic E-state index is 12.1. The monoisotopic (exact) mass is 255 g/mol. The van der Waals surface area contributed by atoms with Gasteiger partial charge in [-0.1, -0.05) is 13.8 Å². The van der Waals surface area contributed by atoms with Gasteiger partial charge in [-0.05, 0) is 31.7 Å². The van der Waals surface area contributed by atoms with Crippen molar-refractivity contribution in [1.82, 2.24) is 15.5 Å². The summed E-state index contributed by atoms with van der Waals surface area (Å²) >= 11 is 0. The van der Waals surface area contributed by atoms with Crippen LogP contribution in [-0.2, 0) is 9.59 Å². The fourth-order valence-electron chi connectivity index (χ4n) is 2.18. The first-order valence-electron chi connectivity index (χ1n) is 6.79. The van der Waals surface area contributed by atoms with E-state index in [1.54, 1.807) is 7.05 Å². The topological polar surface area (TPSA) is 61.4 Å². The summed E-state index contributed by atoms with van der Waals surface area (Å²) in [5.74, 6) is 0.507. The van der Waals surface area contributed by atoms with Crippen LogP contribution in [0.25, 0.3) is 0 Å². The highest BCUT2D eigenvalue weighted by atomic mass is 16.2. The van der Waals surface area contributed by atoms with E-state index in [4.69, 9.17) is 0 Å². The number of rotatable bonds is 5. The average Bonchev–Trinajstić information content (AvgIpc) is 2.35. The van der Waals surface area contributed by atoms with E-state index in [1.807, 2.05) is 6.92 Å². The number of amides is 2. The molecule has 2 unspecified atom stereocenters. The first-order chi connectivity index (χ1) is 8.54. The molecule has 5 nitrogen and oxygen atoms in total. The lowest BCUT2D eigenvalue weighted by Crippen LogP contribution is -2.50. The van der Waals surface area contributed by atoms with Gasteiger partial charge in [0.2, 0.25) is 11.8 Å². The Morgan fingerprint density at radius 3 is 2.78 bits per heavy atom. The van der Waals surface area contributed by atoms with Crippen molar-refractivity contribution in [1.29, 1.82) is 0 Å². The predicted octanol–water partition coefficient (Wildman–Crippen LogP) is 0.359. The van der Waals surface area contributed by atoms with Crippen LogP contribution in [0, 0.1) is 5.92 Å². The standard InChI is InChI=1S/C13H25N3O2/c1-4-6-15-12(17)9-16(3)13(18)11-8-10(2)5-7-14-11/h10-11,14H,4-9H2,1-3H3,(H,15,17). The summed E-state index contributed by atoms with van der Waals surface area (Å²) in [7, 11) is 1.69. The van der Waals surface area contributed by atoms with Crippen LogP contribution >= 0.6 is 0 Å². The SMILES string of the molecule is CCCNC(=O)CN(C)C(=O)C1CC(C)CCN1. The largest absolute Gasteiger partial charge is 0.355 e. The quantitative estimate of drug-likeness (QED) is 0.745. The molecule has 0 radical (unpaired) electrons. The first kappa shape index (κ1) is 15.0. The lowest BCUT2D eigenvalue weighted by molar-refractivity contribution is -0.137. The van der Waals surface area contributed by atoms with Crippen LogP contribution in [0.1, 0.15) is 33.1 Å². The fourth-order valence-corrected chi connectivity index (χ4v) is 2.18. The van der Waals surface area contributed by atoms with Crippen LogP contribution in [0.4, 0.5) is 0 Å². The molecule has 1 fully saturated rings. The third-order valence-electron chi connectivity index (χ3n) is 3.29. The minimum absolute atomic E-state index is 0.0215. The van der Waals surface area contributed by atoms with E-state index < -0.39 is 0 Å². The van der Waals surface area contributed by atoms with E-state index in [9.17, 15) is 9.59 Å². The molecule has 1 aliphatic heterocycles. The third-order valence-corrected chi connectivity index (χ3v) is 3.29. The zero-order valence-electron chi connectivity index (χ0n) is 11.7. The molecule has 0 aromatic carbocycles. The van der Waals surface area contributed by atoms with Crippen LogP contribution in [0.2, 0.25) is 0 Å². The normalized spacial score (nSPS) is 23.5. The van der Waals surface area contributed by atoms with Crippen molar-refractivity contribution >= 4 is 11.8 Å². The zero-order valence-corrected chi connectivity index (χ0v) is 11.7. The second-order valence-corrected chi connectivity index (χ2v) is 5.18. The van der Waals surface area contributed by atoms with Crippen LogP contribution in [0.5, 0.6) is 0 Å². The predicted molar refractivity (Wildman–Crippen MR) is 71.1 cm³/mol. The van der Waals surface area contributed by atoms with Gasteiger partial charge in [0, 0.05) is 13.6 Å². The Morgan fingerprint density at radius 1 is 1.44 bits per heavy atom. The van der Waals surface area contributed by atoms with Gasteiger partial charge in [-0.3, -0.25) is 9.59 Å². The Morgan fingerprint density at radius 2 is 2.17 bits per heavy atom. The first-order valence-corrected chi connectivity index (χ1v) is 6.79. The van der Waals surface area contributed by atoms with Gasteiger partial charge in [-0.2, -0.15) is 0 Å². The Labute approximate surface area is 109 Å². The molecule has 0 aromatic heterocycles. The molecule has 1 heterocycles. The summed E-state index contributed by atoms with van der Waals surface area (Å²) in [6, 6.07) is -0.127. The summed E-state index contributed by atoms with van der Waals surface area (Å²) < 4.78 is 0. The number of hydrogen-bond donors (Lipinski definition) is 2. The van der Waals surface area contributed by atoms with E-state index in [0.717, 1.165) is 25.8 Å². The maximum atomic E-state index is 12.1. The molecule has 0 bridgehead atoms. The molecule has 1 saturated heterocycles. The number of piperidine rings is 1. The van der Waals surface area contributed by atoms with Gasteiger partial charge >= 0.3 is 0 Å².